The van der Waals surface area contributed by atoms with Crippen LogP contribution in [0.5, 0.6) is 0 Å². The summed E-state index contributed by atoms with van der Waals surface area (Å²) in [6, 6.07) is 6.29. The molecule has 1 aliphatic heterocycles. The third kappa shape index (κ3) is 4.29. The van der Waals surface area contributed by atoms with Crippen LogP contribution < -0.4 is 0 Å². The summed E-state index contributed by atoms with van der Waals surface area (Å²) in [6.45, 7) is 5.22. The molecule has 0 saturated carbocycles. The molecular formula is C16H23BrO3. The van der Waals surface area contributed by atoms with E-state index in [1.165, 1.54) is 17.5 Å². The van der Waals surface area contributed by atoms with Crippen molar-refractivity contribution in [2.45, 2.75) is 51.6 Å². The van der Waals surface area contributed by atoms with Gasteiger partial charge in [-0.25, -0.2) is 0 Å². The number of hydrogen-bond acceptors (Lipinski definition) is 3. The number of rotatable bonds is 5. The van der Waals surface area contributed by atoms with Crippen LogP contribution in [0.2, 0.25) is 0 Å². The van der Waals surface area contributed by atoms with E-state index in [0.717, 1.165) is 23.9 Å². The van der Waals surface area contributed by atoms with Gasteiger partial charge in [0.25, 0.3) is 0 Å². The Morgan fingerprint density at radius 3 is 2.80 bits per heavy atom. The topological polar surface area (TPSA) is 27.7 Å². The molecule has 1 fully saturated rings. The monoisotopic (exact) mass is 342 g/mol. The van der Waals surface area contributed by atoms with Crippen molar-refractivity contribution in [1.29, 1.82) is 0 Å². The minimum atomic E-state index is -0.572. The molecule has 1 aromatic carbocycles. The van der Waals surface area contributed by atoms with Crippen molar-refractivity contribution in [3.8, 4) is 0 Å². The zero-order valence-corrected chi connectivity index (χ0v) is 14.0. The van der Waals surface area contributed by atoms with Gasteiger partial charge in [0.15, 0.2) is 5.79 Å². The zero-order valence-electron chi connectivity index (χ0n) is 12.4. The van der Waals surface area contributed by atoms with Gasteiger partial charge in [0.1, 0.15) is 0 Å². The molecule has 0 radical (unpaired) electrons. The van der Waals surface area contributed by atoms with Crippen LogP contribution in [0.1, 0.15) is 50.3 Å². The predicted molar refractivity (Wildman–Crippen MR) is 82.6 cm³/mol. The van der Waals surface area contributed by atoms with Gasteiger partial charge in [0.2, 0.25) is 0 Å². The van der Waals surface area contributed by atoms with E-state index >= 15 is 0 Å². The summed E-state index contributed by atoms with van der Waals surface area (Å²) in [7, 11) is 1.66. The summed E-state index contributed by atoms with van der Waals surface area (Å²) in [4.78, 5) is 0. The molecule has 0 bridgehead atoms. The number of halogens is 1. The van der Waals surface area contributed by atoms with Gasteiger partial charge in [0.05, 0.1) is 12.7 Å². The quantitative estimate of drug-likeness (QED) is 0.732. The van der Waals surface area contributed by atoms with E-state index in [2.05, 4.69) is 28.1 Å². The molecular weight excluding hydrogens is 320 g/mol. The van der Waals surface area contributed by atoms with Crippen LogP contribution in [-0.2, 0) is 20.8 Å². The van der Waals surface area contributed by atoms with Crippen LogP contribution in [0.25, 0.3) is 0 Å². The van der Waals surface area contributed by atoms with E-state index in [0.29, 0.717) is 6.61 Å². The van der Waals surface area contributed by atoms with Crippen LogP contribution >= 0.6 is 15.9 Å². The first-order valence-electron chi connectivity index (χ1n) is 7.11. The van der Waals surface area contributed by atoms with Crippen molar-refractivity contribution in [3.63, 3.8) is 0 Å². The van der Waals surface area contributed by atoms with Gasteiger partial charge in [-0.05, 0) is 56.4 Å². The molecule has 0 N–H and O–H groups in total. The molecule has 112 valence electrons. The Morgan fingerprint density at radius 1 is 1.35 bits per heavy atom. The lowest BCUT2D eigenvalue weighted by Gasteiger charge is -2.27. The number of hydrogen-bond donors (Lipinski definition) is 0. The van der Waals surface area contributed by atoms with Crippen molar-refractivity contribution in [2.24, 2.45) is 0 Å². The van der Waals surface area contributed by atoms with Gasteiger partial charge >= 0.3 is 0 Å². The maximum absolute atomic E-state index is 5.91. The first-order chi connectivity index (χ1) is 9.52. The van der Waals surface area contributed by atoms with Crippen molar-refractivity contribution >= 4 is 15.9 Å². The Morgan fingerprint density at radius 2 is 2.15 bits per heavy atom. The molecule has 2 rings (SSSR count). The van der Waals surface area contributed by atoms with Crippen LogP contribution in [-0.4, -0.2) is 19.5 Å². The Balaban J connectivity index is 2.15. The summed E-state index contributed by atoms with van der Waals surface area (Å²) in [5, 5.41) is 0. The molecule has 1 heterocycles. The normalized spacial score (nSPS) is 20.1. The van der Waals surface area contributed by atoms with E-state index in [9.17, 15) is 0 Å². The second kappa shape index (κ2) is 7.03. The Kier molecular flexibility index (Phi) is 5.61. The zero-order chi connectivity index (χ0) is 14.6. The lowest BCUT2D eigenvalue weighted by molar-refractivity contribution is -0.204. The summed E-state index contributed by atoms with van der Waals surface area (Å²) in [5.41, 5.74) is 2.40. The highest BCUT2D eigenvalue weighted by Crippen LogP contribution is 2.32. The molecule has 4 heteroatoms. The second-order valence-corrected chi connectivity index (χ2v) is 6.51. The maximum Gasteiger partial charge on any atom is 0.162 e. The van der Waals surface area contributed by atoms with Crippen molar-refractivity contribution in [3.05, 3.63) is 33.8 Å². The van der Waals surface area contributed by atoms with Gasteiger partial charge in [0, 0.05) is 18.2 Å². The highest BCUT2D eigenvalue weighted by molar-refractivity contribution is 9.10. The molecule has 1 aliphatic rings. The van der Waals surface area contributed by atoms with Gasteiger partial charge in [-0.1, -0.05) is 22.0 Å². The predicted octanol–water partition coefficient (Wildman–Crippen LogP) is 4.59. The third-order valence-electron chi connectivity index (χ3n) is 3.70. The fourth-order valence-electron chi connectivity index (χ4n) is 2.29. The lowest BCUT2D eigenvalue weighted by Crippen LogP contribution is -2.26. The molecule has 1 saturated heterocycles. The standard InChI is InChI=1S/C16H23BrO3/c1-16(2,18-3)20-11-12-7-8-13(17)10-14(12)15-6-4-5-9-19-15/h7-8,10,15H,4-6,9,11H2,1-3H3. The molecule has 1 aromatic rings. The van der Waals surface area contributed by atoms with E-state index in [1.54, 1.807) is 7.11 Å². The maximum atomic E-state index is 5.91. The smallest absolute Gasteiger partial charge is 0.162 e. The van der Waals surface area contributed by atoms with Crippen molar-refractivity contribution < 1.29 is 14.2 Å². The molecule has 1 atom stereocenters. The van der Waals surface area contributed by atoms with Crippen molar-refractivity contribution in [2.75, 3.05) is 13.7 Å². The van der Waals surface area contributed by atoms with Crippen LogP contribution in [0.15, 0.2) is 22.7 Å². The number of methoxy groups -OCH3 is 1. The van der Waals surface area contributed by atoms with Crippen LogP contribution in [0, 0.1) is 0 Å². The van der Waals surface area contributed by atoms with Gasteiger partial charge in [-0.2, -0.15) is 0 Å². The Hall–Kier alpha value is -0.420. The van der Waals surface area contributed by atoms with Gasteiger partial charge < -0.3 is 14.2 Å². The van der Waals surface area contributed by atoms with Crippen molar-refractivity contribution in [1.82, 2.24) is 0 Å². The lowest BCUT2D eigenvalue weighted by atomic mass is 9.97. The SMILES string of the molecule is COC(C)(C)OCc1ccc(Br)cc1C1CCCCO1. The number of ether oxygens (including phenoxy) is 3. The highest BCUT2D eigenvalue weighted by atomic mass is 79.9. The molecule has 0 aromatic heterocycles. The first-order valence-corrected chi connectivity index (χ1v) is 7.90. The molecule has 0 spiro atoms. The molecule has 0 amide bonds. The third-order valence-corrected chi connectivity index (χ3v) is 4.19. The fourth-order valence-corrected chi connectivity index (χ4v) is 2.67. The largest absolute Gasteiger partial charge is 0.374 e. The molecule has 3 nitrogen and oxygen atoms in total. The van der Waals surface area contributed by atoms with Crippen LogP contribution in [0.4, 0.5) is 0 Å². The summed E-state index contributed by atoms with van der Waals surface area (Å²) >= 11 is 3.55. The molecule has 20 heavy (non-hydrogen) atoms. The van der Waals surface area contributed by atoms with E-state index < -0.39 is 5.79 Å². The van der Waals surface area contributed by atoms with E-state index in [1.807, 2.05) is 19.9 Å². The van der Waals surface area contributed by atoms with Gasteiger partial charge in [-0.3, -0.25) is 0 Å². The molecule has 0 aliphatic carbocycles. The Bertz CT molecular complexity index is 439. The van der Waals surface area contributed by atoms with Crippen LogP contribution in [0.3, 0.4) is 0 Å². The second-order valence-electron chi connectivity index (χ2n) is 5.59. The Labute approximate surface area is 129 Å². The van der Waals surface area contributed by atoms with E-state index in [-0.39, 0.29) is 6.10 Å². The minimum absolute atomic E-state index is 0.186. The average Bonchev–Trinajstić information content (AvgIpc) is 2.47. The fraction of sp³-hybridized carbons (Fsp3) is 0.625. The summed E-state index contributed by atoms with van der Waals surface area (Å²) in [5.74, 6) is -0.572. The van der Waals surface area contributed by atoms with E-state index in [4.69, 9.17) is 14.2 Å². The summed E-state index contributed by atoms with van der Waals surface area (Å²) < 4.78 is 18.1. The minimum Gasteiger partial charge on any atom is -0.374 e. The summed E-state index contributed by atoms with van der Waals surface area (Å²) in [6.07, 6.45) is 3.65. The van der Waals surface area contributed by atoms with Gasteiger partial charge in [-0.15, -0.1) is 0 Å². The first kappa shape index (κ1) is 16.0. The highest BCUT2D eigenvalue weighted by Gasteiger charge is 2.22. The average molecular weight is 343 g/mol. The molecule has 1 unspecified atom stereocenters. The number of benzene rings is 1.